The fraction of sp³-hybridized carbons (Fsp3) is 0.200. The highest BCUT2D eigenvalue weighted by Crippen LogP contribution is 2.32. The van der Waals surface area contributed by atoms with Gasteiger partial charge in [-0.05, 0) is 53.1 Å². The number of nitrogens with zero attached hydrogens (tertiary/aromatic N) is 1. The van der Waals surface area contributed by atoms with Crippen LogP contribution in [0.15, 0.2) is 84.9 Å². The topological polar surface area (TPSA) is 110 Å². The van der Waals surface area contributed by atoms with Crippen molar-refractivity contribution >= 4 is 5.69 Å². The maximum atomic E-state index is 11.6. The molecule has 0 aromatic heterocycles. The molecule has 0 spiro atoms. The SMILES string of the molecule is COc1ccc(COc2ccc([N+](=O)[O-])c(COc3cc(CO)ccc3OC)c2)cc1OCc1ccccc1. The number of nitro benzene ring substituents is 1. The van der Waals surface area contributed by atoms with Gasteiger partial charge >= 0.3 is 0 Å². The largest absolute Gasteiger partial charge is 0.493 e. The molecule has 0 bridgehead atoms. The Morgan fingerprint density at radius 1 is 0.667 bits per heavy atom. The van der Waals surface area contributed by atoms with Crippen molar-refractivity contribution in [2.75, 3.05) is 14.2 Å². The number of hydrogen-bond acceptors (Lipinski definition) is 8. The van der Waals surface area contributed by atoms with Gasteiger partial charge in [-0.3, -0.25) is 10.1 Å². The molecule has 0 fully saturated rings. The van der Waals surface area contributed by atoms with Crippen molar-refractivity contribution in [3.63, 3.8) is 0 Å². The predicted molar refractivity (Wildman–Crippen MR) is 144 cm³/mol. The van der Waals surface area contributed by atoms with Crippen molar-refractivity contribution < 1.29 is 33.7 Å². The van der Waals surface area contributed by atoms with Crippen LogP contribution in [0, 0.1) is 10.1 Å². The van der Waals surface area contributed by atoms with Gasteiger partial charge < -0.3 is 28.8 Å². The number of methoxy groups -OCH3 is 2. The van der Waals surface area contributed by atoms with Crippen LogP contribution < -0.4 is 23.7 Å². The Morgan fingerprint density at radius 2 is 1.28 bits per heavy atom. The molecule has 0 saturated heterocycles. The summed E-state index contributed by atoms with van der Waals surface area (Å²) >= 11 is 0. The van der Waals surface area contributed by atoms with E-state index in [-0.39, 0.29) is 25.5 Å². The molecule has 202 valence electrons. The third-order valence-corrected chi connectivity index (χ3v) is 5.91. The minimum Gasteiger partial charge on any atom is -0.493 e. The number of aliphatic hydroxyl groups is 1. The highest BCUT2D eigenvalue weighted by Gasteiger charge is 2.17. The summed E-state index contributed by atoms with van der Waals surface area (Å²) in [4.78, 5) is 11.2. The Kier molecular flexibility index (Phi) is 9.20. The lowest BCUT2D eigenvalue weighted by Crippen LogP contribution is -2.04. The second-order valence-electron chi connectivity index (χ2n) is 8.53. The molecule has 4 aromatic carbocycles. The quantitative estimate of drug-likeness (QED) is 0.169. The molecule has 9 nitrogen and oxygen atoms in total. The normalized spacial score (nSPS) is 10.5. The minimum absolute atomic E-state index is 0.0966. The molecule has 39 heavy (non-hydrogen) atoms. The maximum Gasteiger partial charge on any atom is 0.276 e. The zero-order chi connectivity index (χ0) is 27.6. The zero-order valence-corrected chi connectivity index (χ0v) is 21.7. The molecule has 0 amide bonds. The van der Waals surface area contributed by atoms with Gasteiger partial charge in [-0.1, -0.05) is 42.5 Å². The predicted octanol–water partition coefficient (Wildman–Crippen LogP) is 5.84. The van der Waals surface area contributed by atoms with Crippen LogP contribution >= 0.6 is 0 Å². The standard InChI is InChI=1S/C30H29NO8/c1-35-27-12-8-22(17-32)14-29(27)39-20-24-16-25(10-11-26(24)31(33)34)37-19-23-9-13-28(36-2)30(15-23)38-18-21-6-4-3-5-7-21/h3-16,32H,17-20H2,1-2H3. The molecular weight excluding hydrogens is 502 g/mol. The lowest BCUT2D eigenvalue weighted by molar-refractivity contribution is -0.385. The molecule has 0 atom stereocenters. The van der Waals surface area contributed by atoms with Crippen LogP contribution in [0.3, 0.4) is 0 Å². The van der Waals surface area contributed by atoms with Crippen molar-refractivity contribution in [3.8, 4) is 28.7 Å². The summed E-state index contributed by atoms with van der Waals surface area (Å²) < 4.78 is 28.5. The van der Waals surface area contributed by atoms with E-state index in [1.54, 1.807) is 37.4 Å². The molecule has 0 aliphatic heterocycles. The number of hydrogen-bond donors (Lipinski definition) is 1. The van der Waals surface area contributed by atoms with Crippen molar-refractivity contribution in [3.05, 3.63) is 117 Å². The van der Waals surface area contributed by atoms with E-state index >= 15 is 0 Å². The Labute approximate surface area is 226 Å². The van der Waals surface area contributed by atoms with E-state index in [1.807, 2.05) is 48.5 Å². The molecule has 0 saturated carbocycles. The van der Waals surface area contributed by atoms with Gasteiger partial charge in [0.2, 0.25) is 0 Å². The Hall–Kier alpha value is -4.76. The summed E-state index contributed by atoms with van der Waals surface area (Å²) in [6.07, 6.45) is 0. The summed E-state index contributed by atoms with van der Waals surface area (Å²) in [5.41, 5.74) is 2.73. The van der Waals surface area contributed by atoms with E-state index in [4.69, 9.17) is 23.7 Å². The van der Waals surface area contributed by atoms with Crippen LogP contribution in [0.1, 0.15) is 22.3 Å². The molecule has 9 heteroatoms. The smallest absolute Gasteiger partial charge is 0.276 e. The average Bonchev–Trinajstić information content (AvgIpc) is 2.98. The summed E-state index contributed by atoms with van der Waals surface area (Å²) in [6, 6.07) is 24.8. The number of rotatable bonds is 13. The van der Waals surface area contributed by atoms with E-state index in [0.29, 0.717) is 46.5 Å². The summed E-state index contributed by atoms with van der Waals surface area (Å²) in [5, 5.41) is 21.1. The number of ether oxygens (including phenoxy) is 5. The van der Waals surface area contributed by atoms with Gasteiger partial charge in [-0.25, -0.2) is 0 Å². The first-order valence-corrected chi connectivity index (χ1v) is 12.1. The average molecular weight is 532 g/mol. The highest BCUT2D eigenvalue weighted by atomic mass is 16.6. The van der Waals surface area contributed by atoms with Crippen LogP contribution in [0.2, 0.25) is 0 Å². The minimum atomic E-state index is -0.469. The molecule has 0 radical (unpaired) electrons. The van der Waals surface area contributed by atoms with Gasteiger partial charge in [0.1, 0.15) is 25.6 Å². The van der Waals surface area contributed by atoms with Gasteiger partial charge in [-0.15, -0.1) is 0 Å². The van der Waals surface area contributed by atoms with Crippen molar-refractivity contribution in [2.24, 2.45) is 0 Å². The van der Waals surface area contributed by atoms with Crippen molar-refractivity contribution in [1.29, 1.82) is 0 Å². The second kappa shape index (κ2) is 13.2. The summed E-state index contributed by atoms with van der Waals surface area (Å²) in [7, 11) is 3.08. The Bertz CT molecular complexity index is 1410. The van der Waals surface area contributed by atoms with Gasteiger partial charge in [0.25, 0.3) is 5.69 Å². The zero-order valence-electron chi connectivity index (χ0n) is 21.7. The fourth-order valence-corrected chi connectivity index (χ4v) is 3.86. The summed E-state index contributed by atoms with van der Waals surface area (Å²) in [5.74, 6) is 2.44. The fourth-order valence-electron chi connectivity index (χ4n) is 3.86. The summed E-state index contributed by atoms with van der Waals surface area (Å²) in [6.45, 7) is 0.322. The lowest BCUT2D eigenvalue weighted by atomic mass is 10.1. The Balaban J connectivity index is 1.47. The highest BCUT2D eigenvalue weighted by molar-refractivity contribution is 5.47. The van der Waals surface area contributed by atoms with Crippen LogP contribution in [0.5, 0.6) is 28.7 Å². The van der Waals surface area contributed by atoms with Crippen LogP contribution in [0.4, 0.5) is 5.69 Å². The van der Waals surface area contributed by atoms with Gasteiger partial charge in [0.05, 0.1) is 31.3 Å². The van der Waals surface area contributed by atoms with Gasteiger partial charge in [0, 0.05) is 6.07 Å². The second-order valence-corrected chi connectivity index (χ2v) is 8.53. The third-order valence-electron chi connectivity index (χ3n) is 5.91. The number of nitro groups is 1. The molecule has 0 aliphatic carbocycles. The molecule has 4 aromatic rings. The maximum absolute atomic E-state index is 11.6. The third kappa shape index (κ3) is 7.18. The van der Waals surface area contributed by atoms with Crippen LogP contribution in [-0.2, 0) is 26.4 Å². The van der Waals surface area contributed by atoms with E-state index in [9.17, 15) is 15.2 Å². The van der Waals surface area contributed by atoms with E-state index in [1.165, 1.54) is 13.2 Å². The van der Waals surface area contributed by atoms with E-state index in [2.05, 4.69) is 0 Å². The van der Waals surface area contributed by atoms with Gasteiger partial charge in [-0.2, -0.15) is 0 Å². The number of benzene rings is 4. The Morgan fingerprint density at radius 3 is 1.92 bits per heavy atom. The lowest BCUT2D eigenvalue weighted by Gasteiger charge is -2.14. The number of aliphatic hydroxyl groups excluding tert-OH is 1. The molecule has 0 heterocycles. The first-order chi connectivity index (χ1) is 19.0. The van der Waals surface area contributed by atoms with Gasteiger partial charge in [0.15, 0.2) is 23.0 Å². The van der Waals surface area contributed by atoms with Crippen molar-refractivity contribution in [1.82, 2.24) is 0 Å². The molecule has 0 aliphatic rings. The van der Waals surface area contributed by atoms with Crippen molar-refractivity contribution in [2.45, 2.75) is 26.4 Å². The molecule has 4 rings (SSSR count). The molecule has 1 N–H and O–H groups in total. The molecular formula is C30H29NO8. The first kappa shape index (κ1) is 27.3. The van der Waals surface area contributed by atoms with E-state index in [0.717, 1.165) is 11.1 Å². The first-order valence-electron chi connectivity index (χ1n) is 12.1. The van der Waals surface area contributed by atoms with Crippen LogP contribution in [-0.4, -0.2) is 24.2 Å². The van der Waals surface area contributed by atoms with Crippen LogP contribution in [0.25, 0.3) is 0 Å². The molecule has 0 unspecified atom stereocenters. The monoisotopic (exact) mass is 531 g/mol. The van der Waals surface area contributed by atoms with E-state index < -0.39 is 4.92 Å².